The number of rotatable bonds is 12. The lowest BCUT2D eigenvalue weighted by Gasteiger charge is -2.24. The summed E-state index contributed by atoms with van der Waals surface area (Å²) in [6, 6.07) is 4.92. The molecule has 32 heavy (non-hydrogen) atoms. The molecule has 1 atom stereocenters. The molecule has 2 rings (SSSR count). The van der Waals surface area contributed by atoms with Crippen LogP contribution in [-0.4, -0.2) is 42.1 Å². The minimum atomic E-state index is -3.71. The van der Waals surface area contributed by atoms with Crippen molar-refractivity contribution >= 4 is 15.7 Å². The van der Waals surface area contributed by atoms with Crippen LogP contribution in [-0.2, 0) is 16.6 Å². The summed E-state index contributed by atoms with van der Waals surface area (Å²) in [6.07, 6.45) is 0. The summed E-state index contributed by atoms with van der Waals surface area (Å²) in [6.45, 7) is 11.6. The van der Waals surface area contributed by atoms with Gasteiger partial charge in [-0.05, 0) is 51.3 Å². The van der Waals surface area contributed by atoms with E-state index >= 15 is 0 Å². The van der Waals surface area contributed by atoms with E-state index in [0.29, 0.717) is 30.4 Å². The molecule has 0 aliphatic heterocycles. The maximum Gasteiger partial charge on any atom is 0.312 e. The van der Waals surface area contributed by atoms with Crippen LogP contribution in [0.5, 0.6) is 11.5 Å². The first kappa shape index (κ1) is 25.6. The quantitative estimate of drug-likeness (QED) is 0.373. The van der Waals surface area contributed by atoms with Crippen LogP contribution in [0.15, 0.2) is 18.2 Å². The number of benzene rings is 1. The van der Waals surface area contributed by atoms with Crippen molar-refractivity contribution in [2.75, 3.05) is 19.0 Å². The Kier molecular flexibility index (Phi) is 8.62. The highest BCUT2D eigenvalue weighted by atomic mass is 32.2. The molecule has 0 aliphatic carbocycles. The minimum absolute atomic E-state index is 0.00807. The Hall–Kier alpha value is -2.66. The van der Waals surface area contributed by atoms with E-state index in [4.69, 9.17) is 9.47 Å². The van der Waals surface area contributed by atoms with Gasteiger partial charge in [-0.1, -0.05) is 19.9 Å². The van der Waals surface area contributed by atoms with Crippen LogP contribution in [0, 0.1) is 29.9 Å². The smallest absolute Gasteiger partial charge is 0.312 e. The number of ether oxygens (including phenoxy) is 2. The third kappa shape index (κ3) is 6.19. The van der Waals surface area contributed by atoms with Gasteiger partial charge in [0.15, 0.2) is 11.5 Å². The molecule has 1 aromatic carbocycles. The number of nitrogens with one attached hydrogen (secondary N) is 1. The van der Waals surface area contributed by atoms with E-state index < -0.39 is 21.0 Å². The Morgan fingerprint density at radius 2 is 1.78 bits per heavy atom. The normalized spacial score (nSPS) is 12.7. The standard InChI is InChI=1S/C21H32N4O6S/c1-7-30-18-10-9-17(13-19(18)31-8-2)20(14(3)4)23-32(28,29)12-11-24-16(6)21(25(26)27)15(5)22-24/h9-10,13-14,20,23H,7-8,11-12H2,1-6H3/t20-/m1/s1. The van der Waals surface area contributed by atoms with Gasteiger partial charge in [0, 0.05) is 6.04 Å². The lowest BCUT2D eigenvalue weighted by atomic mass is 9.97. The zero-order chi connectivity index (χ0) is 24.1. The molecule has 0 fully saturated rings. The Bertz CT molecular complexity index is 1050. The van der Waals surface area contributed by atoms with Gasteiger partial charge < -0.3 is 9.47 Å². The maximum atomic E-state index is 12.9. The summed E-state index contributed by atoms with van der Waals surface area (Å²) in [5.41, 5.74) is 1.26. The van der Waals surface area contributed by atoms with E-state index in [1.807, 2.05) is 33.8 Å². The van der Waals surface area contributed by atoms with Crippen LogP contribution in [0.3, 0.4) is 0 Å². The molecular formula is C21H32N4O6S. The lowest BCUT2D eigenvalue weighted by Crippen LogP contribution is -2.34. The highest BCUT2D eigenvalue weighted by molar-refractivity contribution is 7.89. The second kappa shape index (κ2) is 10.8. The van der Waals surface area contributed by atoms with Gasteiger partial charge in [-0.2, -0.15) is 5.10 Å². The largest absolute Gasteiger partial charge is 0.490 e. The molecule has 0 aliphatic rings. The topological polar surface area (TPSA) is 126 Å². The van der Waals surface area contributed by atoms with Crippen molar-refractivity contribution in [1.82, 2.24) is 14.5 Å². The molecule has 0 unspecified atom stereocenters. The molecular weight excluding hydrogens is 436 g/mol. The van der Waals surface area contributed by atoms with Crippen LogP contribution in [0.2, 0.25) is 0 Å². The monoisotopic (exact) mass is 468 g/mol. The fourth-order valence-electron chi connectivity index (χ4n) is 3.48. The van der Waals surface area contributed by atoms with Crippen molar-refractivity contribution in [3.05, 3.63) is 45.3 Å². The van der Waals surface area contributed by atoms with E-state index in [1.54, 1.807) is 19.1 Å². The molecule has 0 spiro atoms. The number of sulfonamides is 1. The van der Waals surface area contributed by atoms with Crippen LogP contribution < -0.4 is 14.2 Å². The van der Waals surface area contributed by atoms with E-state index in [9.17, 15) is 18.5 Å². The minimum Gasteiger partial charge on any atom is -0.490 e. The molecule has 0 bridgehead atoms. The van der Waals surface area contributed by atoms with Crippen molar-refractivity contribution in [2.24, 2.45) is 5.92 Å². The van der Waals surface area contributed by atoms with E-state index in [1.165, 1.54) is 11.6 Å². The van der Waals surface area contributed by atoms with Crippen molar-refractivity contribution in [2.45, 2.75) is 54.1 Å². The number of nitro groups is 1. The lowest BCUT2D eigenvalue weighted by molar-refractivity contribution is -0.386. The van der Waals surface area contributed by atoms with Gasteiger partial charge in [0.05, 0.1) is 30.4 Å². The SMILES string of the molecule is CCOc1ccc([C@H](NS(=O)(=O)CCn2nc(C)c([N+](=O)[O-])c2C)C(C)C)cc1OCC. The summed E-state index contributed by atoms with van der Waals surface area (Å²) in [5, 5.41) is 15.3. The molecule has 1 heterocycles. The average molecular weight is 469 g/mol. The number of aromatic nitrogens is 2. The van der Waals surface area contributed by atoms with Crippen LogP contribution >= 0.6 is 0 Å². The Morgan fingerprint density at radius 1 is 1.16 bits per heavy atom. The van der Waals surface area contributed by atoms with Gasteiger partial charge in [0.25, 0.3) is 0 Å². The Morgan fingerprint density at radius 3 is 2.31 bits per heavy atom. The van der Waals surface area contributed by atoms with Gasteiger partial charge >= 0.3 is 5.69 Å². The molecule has 0 saturated heterocycles. The van der Waals surface area contributed by atoms with Crippen molar-refractivity contribution < 1.29 is 22.8 Å². The molecule has 11 heteroatoms. The maximum absolute atomic E-state index is 12.9. The number of hydrogen-bond acceptors (Lipinski definition) is 7. The molecule has 0 saturated carbocycles. The Balaban J connectivity index is 2.23. The highest BCUT2D eigenvalue weighted by Gasteiger charge is 2.26. The average Bonchev–Trinajstić information content (AvgIpc) is 2.99. The van der Waals surface area contributed by atoms with Crippen LogP contribution in [0.25, 0.3) is 0 Å². The third-order valence-electron chi connectivity index (χ3n) is 5.00. The Labute approximate surface area is 189 Å². The zero-order valence-electron chi connectivity index (χ0n) is 19.4. The van der Waals surface area contributed by atoms with Gasteiger partial charge in [-0.25, -0.2) is 13.1 Å². The zero-order valence-corrected chi connectivity index (χ0v) is 20.2. The number of hydrogen-bond donors (Lipinski definition) is 1. The van der Waals surface area contributed by atoms with Gasteiger partial charge in [-0.15, -0.1) is 0 Å². The molecule has 178 valence electrons. The molecule has 0 radical (unpaired) electrons. The van der Waals surface area contributed by atoms with Gasteiger partial charge in [-0.3, -0.25) is 14.8 Å². The summed E-state index contributed by atoms with van der Waals surface area (Å²) >= 11 is 0. The fraction of sp³-hybridized carbons (Fsp3) is 0.571. The van der Waals surface area contributed by atoms with Crippen molar-refractivity contribution in [3.8, 4) is 11.5 Å². The summed E-state index contributed by atoms with van der Waals surface area (Å²) in [7, 11) is -3.71. The van der Waals surface area contributed by atoms with Crippen molar-refractivity contribution in [1.29, 1.82) is 0 Å². The summed E-state index contributed by atoms with van der Waals surface area (Å²) in [4.78, 5) is 10.7. The summed E-state index contributed by atoms with van der Waals surface area (Å²) < 4.78 is 41.1. The van der Waals surface area contributed by atoms with Gasteiger partial charge in [0.1, 0.15) is 11.4 Å². The van der Waals surface area contributed by atoms with Crippen molar-refractivity contribution in [3.63, 3.8) is 0 Å². The molecule has 0 amide bonds. The third-order valence-corrected chi connectivity index (χ3v) is 6.33. The summed E-state index contributed by atoms with van der Waals surface area (Å²) in [5.74, 6) is 0.873. The fourth-order valence-corrected chi connectivity index (χ4v) is 4.80. The van der Waals surface area contributed by atoms with Crippen LogP contribution in [0.1, 0.15) is 50.7 Å². The number of nitrogens with zero attached hydrogens (tertiary/aromatic N) is 3. The van der Waals surface area contributed by atoms with E-state index in [2.05, 4.69) is 9.82 Å². The second-order valence-corrected chi connectivity index (χ2v) is 9.60. The van der Waals surface area contributed by atoms with E-state index in [0.717, 1.165) is 5.56 Å². The molecule has 10 nitrogen and oxygen atoms in total. The molecule has 1 N–H and O–H groups in total. The van der Waals surface area contributed by atoms with E-state index in [-0.39, 0.29) is 29.6 Å². The molecule has 2 aromatic rings. The first-order valence-corrected chi connectivity index (χ1v) is 12.2. The first-order valence-electron chi connectivity index (χ1n) is 10.6. The first-order chi connectivity index (χ1) is 15.0. The van der Waals surface area contributed by atoms with Gasteiger partial charge in [0.2, 0.25) is 10.0 Å². The number of aryl methyl sites for hydroxylation is 2. The predicted molar refractivity (Wildman–Crippen MR) is 122 cm³/mol. The predicted octanol–water partition coefficient (Wildman–Crippen LogP) is 3.52. The van der Waals surface area contributed by atoms with Crippen LogP contribution in [0.4, 0.5) is 5.69 Å². The second-order valence-electron chi connectivity index (χ2n) is 7.73. The molecule has 1 aromatic heterocycles. The highest BCUT2D eigenvalue weighted by Crippen LogP contribution is 2.33.